The third-order valence-corrected chi connectivity index (χ3v) is 4.07. The van der Waals surface area contributed by atoms with Crippen molar-refractivity contribution in [1.29, 1.82) is 0 Å². The highest BCUT2D eigenvalue weighted by Crippen LogP contribution is 2.32. The van der Waals surface area contributed by atoms with Crippen LogP contribution in [-0.4, -0.2) is 17.2 Å². The number of aliphatic hydroxyl groups is 1. The highest BCUT2D eigenvalue weighted by atomic mass is 32.1. The van der Waals surface area contributed by atoms with E-state index in [2.05, 4.69) is 11.1 Å². The second-order valence-corrected chi connectivity index (χ2v) is 5.74. The molecule has 1 aromatic carbocycles. The van der Waals surface area contributed by atoms with E-state index < -0.39 is 6.10 Å². The Morgan fingerprint density at radius 2 is 2.05 bits per heavy atom. The average molecular weight is 277 g/mol. The van der Waals surface area contributed by atoms with Gasteiger partial charge in [0, 0.05) is 23.1 Å². The van der Waals surface area contributed by atoms with Gasteiger partial charge in [-0.3, -0.25) is 0 Å². The molecule has 102 valence electrons. The maximum absolute atomic E-state index is 10.5. The standard InChI is InChI=1S/C15H19NO2S/c1-9-5-10(2)15(13(6-9)18-4)12(17)7-14-16-11(3)8-19-14/h5-6,8,12,17H,7H2,1-4H3. The van der Waals surface area contributed by atoms with Crippen LogP contribution in [-0.2, 0) is 6.42 Å². The Balaban J connectivity index is 2.30. The molecule has 19 heavy (non-hydrogen) atoms. The Morgan fingerprint density at radius 3 is 2.63 bits per heavy atom. The summed E-state index contributed by atoms with van der Waals surface area (Å²) in [6.07, 6.45) is -0.0558. The Kier molecular flexibility index (Phi) is 4.22. The van der Waals surface area contributed by atoms with Crippen molar-refractivity contribution >= 4 is 11.3 Å². The molecule has 0 aliphatic rings. The number of nitrogens with zero attached hydrogens (tertiary/aromatic N) is 1. The van der Waals surface area contributed by atoms with E-state index in [1.807, 2.05) is 32.2 Å². The molecule has 0 aliphatic carbocycles. The van der Waals surface area contributed by atoms with Crippen molar-refractivity contribution in [2.24, 2.45) is 0 Å². The van der Waals surface area contributed by atoms with Gasteiger partial charge in [0.2, 0.25) is 0 Å². The molecule has 0 saturated carbocycles. The number of aryl methyl sites for hydroxylation is 3. The van der Waals surface area contributed by atoms with Gasteiger partial charge >= 0.3 is 0 Å². The van der Waals surface area contributed by atoms with E-state index in [0.717, 1.165) is 33.1 Å². The zero-order valence-corrected chi connectivity index (χ0v) is 12.5. The van der Waals surface area contributed by atoms with Crippen LogP contribution >= 0.6 is 11.3 Å². The number of aliphatic hydroxyl groups excluding tert-OH is 1. The molecule has 1 N–H and O–H groups in total. The number of thiazole rings is 1. The molecule has 1 atom stereocenters. The molecule has 1 heterocycles. The summed E-state index contributed by atoms with van der Waals surface area (Å²) in [4.78, 5) is 4.40. The number of hydrogen-bond donors (Lipinski definition) is 1. The van der Waals surface area contributed by atoms with E-state index >= 15 is 0 Å². The second kappa shape index (κ2) is 5.72. The molecule has 0 radical (unpaired) electrons. The van der Waals surface area contributed by atoms with Gasteiger partial charge in [-0.2, -0.15) is 0 Å². The molecule has 4 heteroatoms. The van der Waals surface area contributed by atoms with Gasteiger partial charge in [-0.25, -0.2) is 4.98 Å². The molecule has 0 aliphatic heterocycles. The minimum Gasteiger partial charge on any atom is -0.496 e. The molecule has 2 aromatic rings. The molecule has 2 rings (SSSR count). The fraction of sp³-hybridized carbons (Fsp3) is 0.400. The zero-order valence-electron chi connectivity index (χ0n) is 11.7. The topological polar surface area (TPSA) is 42.4 Å². The summed E-state index contributed by atoms with van der Waals surface area (Å²) >= 11 is 1.58. The Hall–Kier alpha value is -1.39. The van der Waals surface area contributed by atoms with Crippen molar-refractivity contribution < 1.29 is 9.84 Å². The summed E-state index contributed by atoms with van der Waals surface area (Å²) in [5.41, 5.74) is 4.05. The lowest BCUT2D eigenvalue weighted by Gasteiger charge is -2.17. The molecule has 3 nitrogen and oxygen atoms in total. The van der Waals surface area contributed by atoms with E-state index in [0.29, 0.717) is 6.42 Å². The van der Waals surface area contributed by atoms with Gasteiger partial charge in [-0.1, -0.05) is 6.07 Å². The van der Waals surface area contributed by atoms with Crippen LogP contribution in [0.3, 0.4) is 0 Å². The minimum atomic E-state index is -0.582. The summed E-state index contributed by atoms with van der Waals surface area (Å²) in [6, 6.07) is 4.02. The Bertz CT molecular complexity index is 578. The largest absolute Gasteiger partial charge is 0.496 e. The predicted molar refractivity (Wildman–Crippen MR) is 78.0 cm³/mol. The first-order valence-electron chi connectivity index (χ1n) is 6.25. The first kappa shape index (κ1) is 14.0. The quantitative estimate of drug-likeness (QED) is 0.932. The fourth-order valence-corrected chi connectivity index (χ4v) is 3.11. The normalized spacial score (nSPS) is 12.5. The van der Waals surface area contributed by atoms with Crippen molar-refractivity contribution in [3.05, 3.63) is 44.9 Å². The maximum atomic E-state index is 10.5. The second-order valence-electron chi connectivity index (χ2n) is 4.80. The highest BCUT2D eigenvalue weighted by molar-refractivity contribution is 7.09. The van der Waals surface area contributed by atoms with Crippen LogP contribution in [0.5, 0.6) is 5.75 Å². The van der Waals surface area contributed by atoms with Crippen molar-refractivity contribution in [2.45, 2.75) is 33.3 Å². The van der Waals surface area contributed by atoms with Crippen molar-refractivity contribution in [2.75, 3.05) is 7.11 Å². The zero-order chi connectivity index (χ0) is 14.0. The molecule has 0 amide bonds. The van der Waals surface area contributed by atoms with Crippen LogP contribution < -0.4 is 4.74 Å². The molecule has 1 aromatic heterocycles. The van der Waals surface area contributed by atoms with Gasteiger partial charge in [0.1, 0.15) is 5.75 Å². The first-order valence-corrected chi connectivity index (χ1v) is 7.13. The summed E-state index contributed by atoms with van der Waals surface area (Å²) in [5.74, 6) is 0.748. The lowest BCUT2D eigenvalue weighted by Crippen LogP contribution is -2.06. The highest BCUT2D eigenvalue weighted by Gasteiger charge is 2.18. The van der Waals surface area contributed by atoms with Crippen LogP contribution in [0.1, 0.15) is 33.5 Å². The number of benzene rings is 1. The van der Waals surface area contributed by atoms with Gasteiger partial charge in [0.15, 0.2) is 0 Å². The number of methoxy groups -OCH3 is 1. The minimum absolute atomic E-state index is 0.527. The molecule has 0 fully saturated rings. The van der Waals surface area contributed by atoms with Gasteiger partial charge in [0.25, 0.3) is 0 Å². The van der Waals surface area contributed by atoms with E-state index in [4.69, 9.17) is 4.74 Å². The molecule has 0 saturated heterocycles. The molecule has 1 unspecified atom stereocenters. The number of aromatic nitrogens is 1. The lowest BCUT2D eigenvalue weighted by atomic mass is 9.98. The van der Waals surface area contributed by atoms with Crippen LogP contribution in [0.2, 0.25) is 0 Å². The first-order chi connectivity index (χ1) is 9.01. The lowest BCUT2D eigenvalue weighted by molar-refractivity contribution is 0.173. The summed E-state index contributed by atoms with van der Waals surface area (Å²) in [6.45, 7) is 5.99. The number of ether oxygens (including phenoxy) is 1. The third kappa shape index (κ3) is 3.14. The predicted octanol–water partition coefficient (Wildman–Crippen LogP) is 3.35. The SMILES string of the molecule is COc1cc(C)cc(C)c1C(O)Cc1nc(C)cs1. The van der Waals surface area contributed by atoms with Gasteiger partial charge < -0.3 is 9.84 Å². The monoisotopic (exact) mass is 277 g/mol. The van der Waals surface area contributed by atoms with Gasteiger partial charge in [0.05, 0.1) is 18.2 Å². The maximum Gasteiger partial charge on any atom is 0.125 e. The number of hydrogen-bond acceptors (Lipinski definition) is 4. The van der Waals surface area contributed by atoms with Crippen molar-refractivity contribution in [3.8, 4) is 5.75 Å². The van der Waals surface area contributed by atoms with E-state index in [-0.39, 0.29) is 0 Å². The summed E-state index contributed by atoms with van der Waals surface area (Å²) in [7, 11) is 1.64. The van der Waals surface area contributed by atoms with Crippen LogP contribution in [0.15, 0.2) is 17.5 Å². The van der Waals surface area contributed by atoms with Crippen LogP contribution in [0.25, 0.3) is 0 Å². The third-order valence-electron chi connectivity index (χ3n) is 3.08. The molecule has 0 spiro atoms. The van der Waals surface area contributed by atoms with Crippen molar-refractivity contribution in [1.82, 2.24) is 4.98 Å². The molecular weight excluding hydrogens is 258 g/mol. The van der Waals surface area contributed by atoms with E-state index in [9.17, 15) is 5.11 Å². The van der Waals surface area contributed by atoms with Gasteiger partial charge in [-0.15, -0.1) is 11.3 Å². The average Bonchev–Trinajstić information content (AvgIpc) is 2.73. The fourth-order valence-electron chi connectivity index (χ4n) is 2.30. The Labute approximate surface area is 117 Å². The molecular formula is C15H19NO2S. The smallest absolute Gasteiger partial charge is 0.125 e. The molecule has 0 bridgehead atoms. The van der Waals surface area contributed by atoms with Gasteiger partial charge in [-0.05, 0) is 38.0 Å². The Morgan fingerprint density at radius 1 is 1.32 bits per heavy atom. The van der Waals surface area contributed by atoms with E-state index in [1.54, 1.807) is 18.4 Å². The van der Waals surface area contributed by atoms with Crippen LogP contribution in [0, 0.1) is 20.8 Å². The van der Waals surface area contributed by atoms with E-state index in [1.165, 1.54) is 0 Å². The van der Waals surface area contributed by atoms with Crippen LogP contribution in [0.4, 0.5) is 0 Å². The number of rotatable bonds is 4. The summed E-state index contributed by atoms with van der Waals surface area (Å²) < 4.78 is 5.39. The van der Waals surface area contributed by atoms with Crippen molar-refractivity contribution in [3.63, 3.8) is 0 Å². The summed E-state index contributed by atoms with van der Waals surface area (Å²) in [5, 5.41) is 13.4.